The van der Waals surface area contributed by atoms with Crippen molar-refractivity contribution in [2.75, 3.05) is 7.11 Å². The monoisotopic (exact) mass is 542 g/mol. The van der Waals surface area contributed by atoms with Gasteiger partial charge in [-0.25, -0.2) is 13.2 Å². The first-order chi connectivity index (χ1) is 18.1. The summed E-state index contributed by atoms with van der Waals surface area (Å²) in [5.74, 6) is -1.64. The molecule has 0 aromatic heterocycles. The summed E-state index contributed by atoms with van der Waals surface area (Å²) in [5, 5.41) is 0. The van der Waals surface area contributed by atoms with E-state index in [1.165, 1.54) is 30.3 Å². The predicted octanol–water partition coefficient (Wildman–Crippen LogP) is 4.90. The van der Waals surface area contributed by atoms with Crippen molar-refractivity contribution in [2.24, 2.45) is 0 Å². The Morgan fingerprint density at radius 1 is 0.947 bits per heavy atom. The van der Waals surface area contributed by atoms with E-state index < -0.39 is 51.0 Å². The molecule has 1 saturated carbocycles. The molecule has 196 valence electrons. The molecule has 0 radical (unpaired) electrons. The number of ether oxygens (including phenoxy) is 3. The maximum absolute atomic E-state index is 14.4. The van der Waals surface area contributed by atoms with E-state index in [0.29, 0.717) is 16.7 Å². The zero-order valence-corrected chi connectivity index (χ0v) is 20.8. The summed E-state index contributed by atoms with van der Waals surface area (Å²) in [6.45, 7) is 0. The number of fused-ring (bicyclic) bond motifs is 1. The number of rotatable bonds is 6. The first kappa shape index (κ1) is 24.8. The van der Waals surface area contributed by atoms with Crippen LogP contribution in [0.1, 0.15) is 23.1 Å². The zero-order valence-electron chi connectivity index (χ0n) is 19.9. The minimum absolute atomic E-state index is 0.0391. The number of esters is 1. The summed E-state index contributed by atoms with van der Waals surface area (Å²) in [6.07, 6.45) is -7.21. The molecule has 4 atom stereocenters. The molecule has 3 aliphatic rings. The van der Waals surface area contributed by atoms with Crippen LogP contribution in [0.4, 0.5) is 13.2 Å². The second-order valence-corrected chi connectivity index (χ2v) is 11.2. The molecule has 1 heterocycles. The van der Waals surface area contributed by atoms with Crippen molar-refractivity contribution in [1.82, 2.24) is 0 Å². The molecule has 0 N–H and O–H groups in total. The van der Waals surface area contributed by atoms with Gasteiger partial charge in [-0.1, -0.05) is 72.8 Å². The maximum Gasteiger partial charge on any atom is 0.432 e. The van der Waals surface area contributed by atoms with E-state index in [4.69, 9.17) is 14.2 Å². The Hall–Kier alpha value is -3.47. The van der Waals surface area contributed by atoms with Crippen LogP contribution < -0.4 is 0 Å². The highest BCUT2D eigenvalue weighted by Crippen LogP contribution is 2.68. The van der Waals surface area contributed by atoms with Crippen molar-refractivity contribution < 1.29 is 40.6 Å². The Kier molecular flexibility index (Phi) is 5.40. The van der Waals surface area contributed by atoms with Gasteiger partial charge in [-0.15, -0.1) is 0 Å². The largest absolute Gasteiger partial charge is 0.456 e. The number of sulfone groups is 1. The molecular weight excluding hydrogens is 521 g/mol. The summed E-state index contributed by atoms with van der Waals surface area (Å²) in [7, 11) is -3.22. The third kappa shape index (κ3) is 3.20. The van der Waals surface area contributed by atoms with Gasteiger partial charge in [0, 0.05) is 24.7 Å². The van der Waals surface area contributed by atoms with E-state index in [0.717, 1.165) is 19.2 Å². The minimum atomic E-state index is -5.13. The lowest BCUT2D eigenvalue weighted by molar-refractivity contribution is -0.278. The fraction of sp³-hybridized carbons (Fsp3) is 0.250. The number of benzene rings is 3. The quantitative estimate of drug-likeness (QED) is 0.326. The summed E-state index contributed by atoms with van der Waals surface area (Å²) >= 11 is 0. The second-order valence-electron chi connectivity index (χ2n) is 9.34. The van der Waals surface area contributed by atoms with Gasteiger partial charge < -0.3 is 14.2 Å². The number of alkyl halides is 3. The van der Waals surface area contributed by atoms with Gasteiger partial charge in [0.15, 0.2) is 0 Å². The third-order valence-corrected chi connectivity index (χ3v) is 9.34. The molecule has 1 spiro atoms. The van der Waals surface area contributed by atoms with Crippen molar-refractivity contribution in [2.45, 2.75) is 40.9 Å². The summed E-state index contributed by atoms with van der Waals surface area (Å²) in [6, 6.07) is 21.2. The van der Waals surface area contributed by atoms with Gasteiger partial charge in [-0.3, -0.25) is 0 Å². The minimum Gasteiger partial charge on any atom is -0.456 e. The lowest BCUT2D eigenvalue weighted by Gasteiger charge is -2.33. The average Bonchev–Trinajstić information content (AvgIpc) is 3.48. The van der Waals surface area contributed by atoms with Crippen LogP contribution in [-0.4, -0.2) is 39.9 Å². The molecular formula is C28H21F3O6S. The number of epoxide rings is 1. The SMILES string of the molecule is CO[C@](C(=O)O[C@@H]1CC2=C(S(=O)(=O)c3ccccc3)c3ccccc3[C@]23O[C@H]13)(c1ccccc1)C(F)(F)F. The first-order valence-corrected chi connectivity index (χ1v) is 13.3. The van der Waals surface area contributed by atoms with Gasteiger partial charge in [0.2, 0.25) is 9.84 Å². The number of halogens is 3. The lowest BCUT2D eigenvalue weighted by Crippen LogP contribution is -2.52. The highest BCUT2D eigenvalue weighted by Gasteiger charge is 2.75. The average molecular weight is 543 g/mol. The van der Waals surface area contributed by atoms with Crippen LogP contribution in [0.5, 0.6) is 0 Å². The molecule has 6 rings (SSSR count). The van der Waals surface area contributed by atoms with Crippen LogP contribution in [-0.2, 0) is 40.0 Å². The van der Waals surface area contributed by atoms with Gasteiger partial charge in [0.1, 0.15) is 17.8 Å². The fourth-order valence-electron chi connectivity index (χ4n) is 5.75. The lowest BCUT2D eigenvalue weighted by atomic mass is 9.92. The maximum atomic E-state index is 14.4. The molecule has 6 nitrogen and oxygen atoms in total. The zero-order chi connectivity index (χ0) is 26.9. The topological polar surface area (TPSA) is 82.2 Å². The highest BCUT2D eigenvalue weighted by atomic mass is 32.2. The molecule has 3 aromatic rings. The van der Waals surface area contributed by atoms with E-state index in [-0.39, 0.29) is 16.2 Å². The van der Waals surface area contributed by atoms with Crippen LogP contribution in [0.3, 0.4) is 0 Å². The normalized spacial score (nSPS) is 25.3. The van der Waals surface area contributed by atoms with Gasteiger partial charge in [0.25, 0.3) is 5.60 Å². The van der Waals surface area contributed by atoms with Crippen LogP contribution in [0.2, 0.25) is 0 Å². The van der Waals surface area contributed by atoms with Gasteiger partial charge in [0.05, 0.1) is 9.80 Å². The Morgan fingerprint density at radius 2 is 1.55 bits per heavy atom. The molecule has 3 aromatic carbocycles. The van der Waals surface area contributed by atoms with Crippen LogP contribution >= 0.6 is 0 Å². The Labute approximate surface area is 216 Å². The van der Waals surface area contributed by atoms with Crippen molar-refractivity contribution in [3.05, 3.63) is 107 Å². The van der Waals surface area contributed by atoms with Crippen molar-refractivity contribution in [1.29, 1.82) is 0 Å². The van der Waals surface area contributed by atoms with E-state index in [2.05, 4.69) is 0 Å². The van der Waals surface area contributed by atoms with E-state index in [1.54, 1.807) is 42.5 Å². The summed E-state index contributed by atoms with van der Waals surface area (Å²) < 4.78 is 87.0. The number of hydrogen-bond donors (Lipinski definition) is 0. The standard InChI is InChI=1S/C28H21F3O6S/c1-35-27(28(29,30)31,17-10-4-2-5-11-17)25(32)36-22-16-21-23(38(33,34)18-12-6-3-7-13-18)19-14-8-9-15-20(19)26(21)24(22)37-26/h2-15,22,24H,16H2,1H3/t22-,24-,26+,27+/m1/s1. The molecule has 0 unspecified atom stereocenters. The second kappa shape index (κ2) is 8.26. The molecule has 2 aliphatic carbocycles. The smallest absolute Gasteiger partial charge is 0.432 e. The fourth-order valence-corrected chi connectivity index (χ4v) is 7.53. The summed E-state index contributed by atoms with van der Waals surface area (Å²) in [4.78, 5) is 13.4. The molecule has 1 saturated heterocycles. The first-order valence-electron chi connectivity index (χ1n) is 11.8. The molecule has 1 aliphatic heterocycles. The number of carbonyl (C=O) groups is 1. The predicted molar refractivity (Wildman–Crippen MR) is 129 cm³/mol. The Balaban J connectivity index is 1.42. The molecule has 10 heteroatoms. The number of carbonyl (C=O) groups excluding carboxylic acids is 1. The van der Waals surface area contributed by atoms with Crippen molar-refractivity contribution in [3.8, 4) is 0 Å². The van der Waals surface area contributed by atoms with E-state index in [9.17, 15) is 26.4 Å². The molecule has 2 fully saturated rings. The highest BCUT2D eigenvalue weighted by molar-refractivity contribution is 8.00. The van der Waals surface area contributed by atoms with Crippen molar-refractivity contribution in [3.63, 3.8) is 0 Å². The van der Waals surface area contributed by atoms with Crippen LogP contribution in [0.25, 0.3) is 4.91 Å². The molecule has 38 heavy (non-hydrogen) atoms. The Bertz CT molecular complexity index is 1570. The Morgan fingerprint density at radius 3 is 2.18 bits per heavy atom. The van der Waals surface area contributed by atoms with E-state index >= 15 is 0 Å². The van der Waals surface area contributed by atoms with Gasteiger partial charge in [-0.2, -0.15) is 13.2 Å². The van der Waals surface area contributed by atoms with Crippen molar-refractivity contribution >= 4 is 20.7 Å². The number of hydrogen-bond acceptors (Lipinski definition) is 6. The summed E-state index contributed by atoms with van der Waals surface area (Å²) in [5.41, 5.74) is -3.52. The van der Waals surface area contributed by atoms with Gasteiger partial charge in [-0.05, 0) is 23.3 Å². The van der Waals surface area contributed by atoms with Crippen LogP contribution in [0, 0.1) is 0 Å². The van der Waals surface area contributed by atoms with E-state index in [1.807, 2.05) is 0 Å². The third-order valence-electron chi connectivity index (χ3n) is 7.45. The molecule has 0 amide bonds. The van der Waals surface area contributed by atoms with Gasteiger partial charge >= 0.3 is 12.1 Å². The van der Waals surface area contributed by atoms with Crippen LogP contribution in [0.15, 0.2) is 95.4 Å². The molecule has 0 bridgehead atoms. The number of methoxy groups -OCH3 is 1.